The van der Waals surface area contributed by atoms with Crippen LogP contribution < -0.4 is 5.56 Å². The van der Waals surface area contributed by atoms with E-state index in [1.54, 1.807) is 23.3 Å². The Balaban J connectivity index is 1.89. The van der Waals surface area contributed by atoms with Crippen LogP contribution in [-0.2, 0) is 24.2 Å². The van der Waals surface area contributed by atoms with E-state index in [0.29, 0.717) is 5.92 Å². The number of nitrogens with zero attached hydrogens (tertiary/aromatic N) is 3. The Labute approximate surface area is 146 Å². The van der Waals surface area contributed by atoms with Gasteiger partial charge in [-0.05, 0) is 37.2 Å². The van der Waals surface area contributed by atoms with Crippen molar-refractivity contribution in [2.24, 2.45) is 5.92 Å². The molecule has 0 fully saturated rings. The maximum Gasteiger partial charge on any atom is 0.262 e. The Morgan fingerprint density at radius 1 is 1.50 bits per heavy atom. The third-order valence-electron chi connectivity index (χ3n) is 4.86. The van der Waals surface area contributed by atoms with Gasteiger partial charge in [0.2, 0.25) is 5.91 Å². The summed E-state index contributed by atoms with van der Waals surface area (Å²) in [5.74, 6) is 0.631. The quantitative estimate of drug-likeness (QED) is 0.836. The lowest BCUT2D eigenvalue weighted by Gasteiger charge is -2.18. The number of carbonyl (C=O) groups excluding carboxylic acids is 1. The van der Waals surface area contributed by atoms with E-state index in [4.69, 9.17) is 0 Å². The highest BCUT2D eigenvalue weighted by Crippen LogP contribution is 2.35. The lowest BCUT2D eigenvalue weighted by molar-refractivity contribution is -0.130. The van der Waals surface area contributed by atoms with Crippen LogP contribution in [0.25, 0.3) is 10.2 Å². The first-order chi connectivity index (χ1) is 11.5. The molecule has 0 spiro atoms. The fraction of sp³-hybridized carbons (Fsp3) is 0.611. The van der Waals surface area contributed by atoms with Crippen molar-refractivity contribution >= 4 is 27.5 Å². The van der Waals surface area contributed by atoms with Crippen LogP contribution in [-0.4, -0.2) is 34.0 Å². The van der Waals surface area contributed by atoms with Crippen molar-refractivity contribution < 1.29 is 4.79 Å². The summed E-state index contributed by atoms with van der Waals surface area (Å²) in [5.41, 5.74) is 1.11. The molecule has 1 atom stereocenters. The maximum absolute atomic E-state index is 12.9. The van der Waals surface area contributed by atoms with E-state index in [1.165, 1.54) is 21.3 Å². The van der Waals surface area contributed by atoms with Crippen molar-refractivity contribution in [1.29, 1.82) is 0 Å². The molecule has 0 aliphatic heterocycles. The lowest BCUT2D eigenvalue weighted by Crippen LogP contribution is -2.34. The van der Waals surface area contributed by atoms with Gasteiger partial charge in [-0.15, -0.1) is 11.3 Å². The molecule has 0 bridgehead atoms. The van der Waals surface area contributed by atoms with E-state index < -0.39 is 0 Å². The zero-order chi connectivity index (χ0) is 17.3. The number of hydrogen-bond acceptors (Lipinski definition) is 4. The number of amides is 1. The smallest absolute Gasteiger partial charge is 0.262 e. The number of aryl methyl sites for hydroxylation is 1. The molecule has 0 saturated carbocycles. The number of hydrogen-bond donors (Lipinski definition) is 0. The molecule has 2 heterocycles. The number of fused-ring (bicyclic) bond motifs is 3. The Morgan fingerprint density at radius 2 is 2.29 bits per heavy atom. The van der Waals surface area contributed by atoms with Gasteiger partial charge in [-0.1, -0.05) is 20.3 Å². The fourth-order valence-electron chi connectivity index (χ4n) is 3.27. The van der Waals surface area contributed by atoms with Gasteiger partial charge in [0.05, 0.1) is 11.7 Å². The van der Waals surface area contributed by atoms with Crippen molar-refractivity contribution in [3.63, 3.8) is 0 Å². The minimum atomic E-state index is -0.0655. The van der Waals surface area contributed by atoms with Crippen LogP contribution in [0.1, 0.15) is 43.6 Å². The summed E-state index contributed by atoms with van der Waals surface area (Å²) in [5, 5.41) is 0.744. The van der Waals surface area contributed by atoms with Gasteiger partial charge in [0.25, 0.3) is 5.56 Å². The van der Waals surface area contributed by atoms with Gasteiger partial charge in [-0.2, -0.15) is 0 Å². The minimum Gasteiger partial charge on any atom is -0.344 e. The van der Waals surface area contributed by atoms with Crippen LogP contribution in [0.3, 0.4) is 0 Å². The second-order valence-electron chi connectivity index (χ2n) is 6.88. The third kappa shape index (κ3) is 3.24. The van der Waals surface area contributed by atoms with Gasteiger partial charge >= 0.3 is 0 Å². The van der Waals surface area contributed by atoms with Gasteiger partial charge in [0.15, 0.2) is 0 Å². The van der Waals surface area contributed by atoms with Gasteiger partial charge in [-0.3, -0.25) is 14.2 Å². The van der Waals surface area contributed by atoms with E-state index in [9.17, 15) is 9.59 Å². The van der Waals surface area contributed by atoms with Gasteiger partial charge < -0.3 is 4.90 Å². The summed E-state index contributed by atoms with van der Waals surface area (Å²) in [6, 6.07) is 0. The first-order valence-corrected chi connectivity index (χ1v) is 9.56. The molecule has 2 aromatic rings. The van der Waals surface area contributed by atoms with E-state index in [-0.39, 0.29) is 18.0 Å². The Kier molecular flexibility index (Phi) is 5.04. The van der Waals surface area contributed by atoms with E-state index in [2.05, 4.69) is 18.8 Å². The van der Waals surface area contributed by atoms with Crippen LogP contribution >= 0.6 is 11.3 Å². The third-order valence-corrected chi connectivity index (χ3v) is 6.02. The molecule has 6 heteroatoms. The zero-order valence-corrected chi connectivity index (χ0v) is 15.5. The van der Waals surface area contributed by atoms with Crippen LogP contribution in [0.15, 0.2) is 11.1 Å². The van der Waals surface area contributed by atoms with Crippen LogP contribution in [0.2, 0.25) is 0 Å². The molecule has 0 saturated heterocycles. The molecule has 3 rings (SSSR count). The van der Waals surface area contributed by atoms with Crippen LogP contribution in [0, 0.1) is 5.92 Å². The predicted octanol–water partition coefficient (Wildman–Crippen LogP) is 2.84. The van der Waals surface area contributed by atoms with E-state index in [1.807, 2.05) is 0 Å². The van der Waals surface area contributed by atoms with E-state index in [0.717, 1.165) is 48.9 Å². The minimum absolute atomic E-state index is 0.0376. The average molecular weight is 347 g/mol. The van der Waals surface area contributed by atoms with Gasteiger partial charge in [0.1, 0.15) is 11.4 Å². The highest BCUT2D eigenvalue weighted by Gasteiger charge is 2.23. The molecule has 0 aromatic carbocycles. The fourth-order valence-corrected chi connectivity index (χ4v) is 4.61. The molecular formula is C18H25N3O2S. The van der Waals surface area contributed by atoms with Crippen molar-refractivity contribution in [3.05, 3.63) is 27.1 Å². The lowest BCUT2D eigenvalue weighted by atomic mass is 9.89. The van der Waals surface area contributed by atoms with Crippen LogP contribution in [0.4, 0.5) is 0 Å². The maximum atomic E-state index is 12.9. The number of unbranched alkanes of at least 4 members (excludes halogenated alkanes) is 1. The first kappa shape index (κ1) is 17.1. The monoisotopic (exact) mass is 347 g/mol. The molecule has 5 nitrogen and oxygen atoms in total. The largest absolute Gasteiger partial charge is 0.344 e. The predicted molar refractivity (Wildman–Crippen MR) is 97.6 cm³/mol. The molecule has 1 aliphatic carbocycles. The molecule has 0 N–H and O–H groups in total. The molecule has 1 aliphatic rings. The summed E-state index contributed by atoms with van der Waals surface area (Å²) >= 11 is 1.64. The number of thiophene rings is 1. The summed E-state index contributed by atoms with van der Waals surface area (Å²) in [6.07, 6.45) is 6.65. The molecule has 2 aromatic heterocycles. The highest BCUT2D eigenvalue weighted by atomic mass is 32.1. The normalized spacial score (nSPS) is 17.0. The van der Waals surface area contributed by atoms with E-state index >= 15 is 0 Å². The molecule has 130 valence electrons. The molecular weight excluding hydrogens is 322 g/mol. The topological polar surface area (TPSA) is 55.2 Å². The Bertz CT molecular complexity index is 808. The van der Waals surface area contributed by atoms with Crippen molar-refractivity contribution in [2.75, 3.05) is 13.6 Å². The van der Waals surface area contributed by atoms with Gasteiger partial charge in [0, 0.05) is 18.5 Å². The van der Waals surface area contributed by atoms with Gasteiger partial charge in [-0.25, -0.2) is 4.98 Å². The van der Waals surface area contributed by atoms with Crippen LogP contribution in [0.5, 0.6) is 0 Å². The average Bonchev–Trinajstić information content (AvgIpc) is 2.93. The van der Waals surface area contributed by atoms with Crippen molar-refractivity contribution in [1.82, 2.24) is 14.5 Å². The number of rotatable bonds is 5. The summed E-state index contributed by atoms with van der Waals surface area (Å²) in [6.45, 7) is 5.15. The summed E-state index contributed by atoms with van der Waals surface area (Å²) in [4.78, 5) is 33.5. The highest BCUT2D eigenvalue weighted by molar-refractivity contribution is 7.18. The summed E-state index contributed by atoms with van der Waals surface area (Å²) in [7, 11) is 1.79. The molecule has 0 unspecified atom stereocenters. The standard InChI is InChI=1S/C18H25N3O2S/c1-4-5-8-20(3)15(22)10-21-11-19-17-16(18(21)23)13-7-6-12(2)9-14(13)24-17/h11-12H,4-10H2,1-3H3/t12-/m0/s1. The summed E-state index contributed by atoms with van der Waals surface area (Å²) < 4.78 is 1.47. The Morgan fingerprint density at radius 3 is 3.04 bits per heavy atom. The SMILES string of the molecule is CCCCN(C)C(=O)Cn1cnc2sc3c(c2c1=O)CC[C@H](C)C3. The number of likely N-dealkylation sites (N-methyl/N-ethyl adjacent to an activating group) is 1. The number of carbonyl (C=O) groups is 1. The number of aromatic nitrogens is 2. The molecule has 0 radical (unpaired) electrons. The second kappa shape index (κ2) is 7.05. The van der Waals surface area contributed by atoms with Crippen molar-refractivity contribution in [3.8, 4) is 0 Å². The molecule has 24 heavy (non-hydrogen) atoms. The Hall–Kier alpha value is -1.69. The molecule has 1 amide bonds. The van der Waals surface area contributed by atoms with Crippen molar-refractivity contribution in [2.45, 2.75) is 52.5 Å². The second-order valence-corrected chi connectivity index (χ2v) is 7.96. The zero-order valence-electron chi connectivity index (χ0n) is 14.7. The first-order valence-electron chi connectivity index (χ1n) is 8.74.